The lowest BCUT2D eigenvalue weighted by atomic mass is 9.85. The van der Waals surface area contributed by atoms with E-state index in [1.54, 1.807) is 40.5 Å². The van der Waals surface area contributed by atoms with Gasteiger partial charge in [-0.25, -0.2) is 4.98 Å². The number of carboxylic acid groups (broad SMARTS) is 1. The number of aliphatic carboxylic acids is 1. The zero-order chi connectivity index (χ0) is 22.1. The molecule has 160 valence electrons. The van der Waals surface area contributed by atoms with Crippen molar-refractivity contribution >= 4 is 45.7 Å². The third kappa shape index (κ3) is 3.61. The summed E-state index contributed by atoms with van der Waals surface area (Å²) in [5, 5.41) is 20.0. The lowest BCUT2D eigenvalue weighted by Gasteiger charge is -2.50. The van der Waals surface area contributed by atoms with Gasteiger partial charge in [-0.2, -0.15) is 4.57 Å². The van der Waals surface area contributed by atoms with Gasteiger partial charge in [-0.15, -0.1) is 11.3 Å². The summed E-state index contributed by atoms with van der Waals surface area (Å²) >= 11 is 1.13. The highest BCUT2D eigenvalue weighted by Crippen LogP contribution is 2.36. The van der Waals surface area contributed by atoms with Crippen LogP contribution in [0.5, 0.6) is 0 Å². The predicted molar refractivity (Wildman–Crippen MR) is 107 cm³/mol. The van der Waals surface area contributed by atoms with Crippen LogP contribution in [0.4, 0.5) is 5.13 Å². The Balaban J connectivity index is 1.57. The van der Waals surface area contributed by atoms with Crippen LogP contribution >= 0.6 is 11.3 Å². The van der Waals surface area contributed by atoms with E-state index in [0.29, 0.717) is 18.5 Å². The zero-order valence-corrected chi connectivity index (χ0v) is 17.2. The third-order valence-corrected chi connectivity index (χ3v) is 5.75. The molecule has 2 aliphatic rings. The summed E-state index contributed by atoms with van der Waals surface area (Å²) in [5.41, 5.74) is 5.96. The molecule has 0 aliphatic carbocycles. The molecule has 11 nitrogen and oxygen atoms in total. The molecule has 12 heteroatoms. The zero-order valence-electron chi connectivity index (χ0n) is 16.3. The maximum Gasteiger partial charge on any atom is 0.276 e. The van der Waals surface area contributed by atoms with Gasteiger partial charge in [0.05, 0.1) is 12.0 Å². The maximum atomic E-state index is 12.8. The molecule has 31 heavy (non-hydrogen) atoms. The van der Waals surface area contributed by atoms with Gasteiger partial charge in [-0.05, 0) is 6.42 Å². The number of aromatic nitrogens is 2. The number of fused-ring (bicyclic) bond motifs is 1. The number of pyridine rings is 1. The summed E-state index contributed by atoms with van der Waals surface area (Å²) in [5.74, 6) is -2.66. The summed E-state index contributed by atoms with van der Waals surface area (Å²) in [6.07, 6.45) is 4.26. The Kier molecular flexibility index (Phi) is 5.38. The number of nitrogen functional groups attached to an aromatic ring is 1. The number of hydrogen-bond acceptors (Lipinski definition) is 9. The van der Waals surface area contributed by atoms with Gasteiger partial charge in [-0.1, -0.05) is 11.2 Å². The van der Waals surface area contributed by atoms with E-state index in [1.807, 2.05) is 0 Å². The highest BCUT2D eigenvalue weighted by Gasteiger charge is 2.54. The van der Waals surface area contributed by atoms with E-state index < -0.39 is 29.9 Å². The lowest BCUT2D eigenvalue weighted by molar-refractivity contribution is -0.585. The molecule has 2 aromatic heterocycles. The van der Waals surface area contributed by atoms with E-state index in [0.717, 1.165) is 11.3 Å². The minimum Gasteiger partial charge on any atom is -0.543 e. The Labute approximate surface area is 180 Å². The average molecular weight is 442 g/mol. The predicted octanol–water partition coefficient (Wildman–Crippen LogP) is -1.53. The van der Waals surface area contributed by atoms with Crippen LogP contribution in [0.3, 0.4) is 0 Å². The number of hydrogen-bond donors (Lipinski definition) is 2. The monoisotopic (exact) mass is 442 g/mol. The first-order chi connectivity index (χ1) is 14.9. The van der Waals surface area contributed by atoms with E-state index in [4.69, 9.17) is 10.6 Å². The van der Waals surface area contributed by atoms with Gasteiger partial charge in [0.1, 0.15) is 24.5 Å². The second-order valence-corrected chi connectivity index (χ2v) is 7.71. The van der Waals surface area contributed by atoms with Crippen molar-refractivity contribution in [3.8, 4) is 0 Å². The van der Waals surface area contributed by atoms with Crippen molar-refractivity contribution in [1.29, 1.82) is 0 Å². The van der Waals surface area contributed by atoms with Gasteiger partial charge < -0.3 is 25.8 Å². The van der Waals surface area contributed by atoms with Crippen molar-refractivity contribution in [2.45, 2.75) is 24.9 Å². The number of β-lactam (4-membered cyclic amide) rings is 1. The fourth-order valence-corrected chi connectivity index (χ4v) is 4.31. The molecule has 4 heterocycles. The number of anilines is 1. The van der Waals surface area contributed by atoms with Crippen LogP contribution in [0.25, 0.3) is 5.70 Å². The molecular formula is C19H18N6O5S. The fraction of sp³-hybridized carbons (Fsp3) is 0.263. The van der Waals surface area contributed by atoms with Crippen molar-refractivity contribution in [3.63, 3.8) is 0 Å². The smallest absolute Gasteiger partial charge is 0.276 e. The van der Waals surface area contributed by atoms with Gasteiger partial charge in [0.15, 0.2) is 23.2 Å². The van der Waals surface area contributed by atoms with E-state index in [2.05, 4.69) is 15.5 Å². The van der Waals surface area contributed by atoms with E-state index in [9.17, 15) is 19.5 Å². The molecule has 0 saturated carbocycles. The van der Waals surface area contributed by atoms with Crippen molar-refractivity contribution in [2.24, 2.45) is 5.16 Å². The molecular weight excluding hydrogens is 424 g/mol. The second-order valence-electron chi connectivity index (χ2n) is 6.82. The molecule has 0 unspecified atom stereocenters. The van der Waals surface area contributed by atoms with Crippen LogP contribution < -0.4 is 20.7 Å². The lowest BCUT2D eigenvalue weighted by Crippen LogP contribution is -2.73. The van der Waals surface area contributed by atoms with E-state index in [-0.39, 0.29) is 22.2 Å². The Morgan fingerprint density at radius 3 is 2.74 bits per heavy atom. The van der Waals surface area contributed by atoms with Crippen molar-refractivity contribution in [3.05, 3.63) is 47.4 Å². The average Bonchev–Trinajstić information content (AvgIpc) is 3.20. The first-order valence-corrected chi connectivity index (χ1v) is 10.2. The normalized spacial score (nSPS) is 20.7. The molecule has 2 aliphatic heterocycles. The van der Waals surface area contributed by atoms with E-state index in [1.165, 1.54) is 12.0 Å². The quantitative estimate of drug-likeness (QED) is 0.238. The number of nitrogens with two attached hydrogens (primary N) is 1. The fourth-order valence-electron chi connectivity index (χ4n) is 3.76. The molecule has 0 bridgehead atoms. The molecule has 2 aromatic rings. The number of rotatable bonds is 6. The van der Waals surface area contributed by atoms with Crippen molar-refractivity contribution in [2.75, 3.05) is 12.8 Å². The van der Waals surface area contributed by atoms with Crippen molar-refractivity contribution in [1.82, 2.24) is 15.2 Å². The van der Waals surface area contributed by atoms with Gasteiger partial charge in [0.2, 0.25) is 5.70 Å². The Hall–Kier alpha value is -3.80. The number of amides is 2. The Morgan fingerprint density at radius 1 is 1.39 bits per heavy atom. The van der Waals surface area contributed by atoms with Gasteiger partial charge in [0, 0.05) is 23.9 Å². The van der Waals surface area contributed by atoms with Crippen molar-refractivity contribution < 1.29 is 28.9 Å². The highest BCUT2D eigenvalue weighted by atomic mass is 32.1. The minimum atomic E-state index is -1.45. The first-order valence-electron chi connectivity index (χ1n) is 9.30. The molecule has 2 atom stereocenters. The van der Waals surface area contributed by atoms with Crippen LogP contribution in [-0.4, -0.2) is 52.6 Å². The number of nitrogens with zero attached hydrogens (tertiary/aromatic N) is 4. The summed E-state index contributed by atoms with van der Waals surface area (Å²) in [7, 11) is 1.28. The van der Waals surface area contributed by atoms with Crippen LogP contribution in [0.1, 0.15) is 18.5 Å². The number of carbonyl (C=O) groups is 3. The highest BCUT2D eigenvalue weighted by molar-refractivity contribution is 7.13. The number of carboxylic acids is 1. The van der Waals surface area contributed by atoms with Gasteiger partial charge >= 0.3 is 0 Å². The summed E-state index contributed by atoms with van der Waals surface area (Å²) in [6, 6.07) is 3.91. The second kappa shape index (κ2) is 8.14. The molecule has 2 amide bonds. The summed E-state index contributed by atoms with van der Waals surface area (Å²) < 4.78 is 1.65. The van der Waals surface area contributed by atoms with Crippen LogP contribution in [0.2, 0.25) is 0 Å². The minimum absolute atomic E-state index is 0.131. The number of nitrogens with one attached hydrogen (secondary N) is 1. The molecule has 0 radical (unpaired) electrons. The van der Waals surface area contributed by atoms with Gasteiger partial charge in [-0.3, -0.25) is 14.5 Å². The summed E-state index contributed by atoms with van der Waals surface area (Å²) in [4.78, 5) is 47.3. The Bertz CT molecular complexity index is 1110. The molecule has 1 saturated heterocycles. The standard InChI is InChI=1S/C19H18N6O5S/c1-30-23-13(10-9-31-19(20)21-10)16(26)22-14-11-5-6-12(24-7-3-2-4-8-24)15(18(28)29)25(11)17(14)27/h2-4,7-9,11,14H,5-6H2,1H3,(H3-,20,21,22,26,28,29)/b23-13-/t11-,14+/m1/s1. The maximum absolute atomic E-state index is 12.8. The van der Waals surface area contributed by atoms with Gasteiger partial charge in [0.25, 0.3) is 11.8 Å². The van der Waals surface area contributed by atoms with Crippen LogP contribution in [0, 0.1) is 0 Å². The molecule has 4 rings (SSSR count). The molecule has 0 aromatic carbocycles. The number of carbonyl (C=O) groups excluding carboxylic acids is 3. The first kappa shape index (κ1) is 20.5. The molecule has 1 fully saturated rings. The largest absolute Gasteiger partial charge is 0.543 e. The SMILES string of the molecule is CO/N=C(\C(=O)N[C@@H]1C(=O)N2C(C(=O)[O-])=C([n+]3ccccc3)CC[C@H]12)c1csc(N)n1. The van der Waals surface area contributed by atoms with Crippen LogP contribution in [0.15, 0.2) is 46.8 Å². The number of allylic oxidation sites excluding steroid dienone is 1. The topological polar surface area (TPSA) is 154 Å². The number of thiazole rings is 1. The Morgan fingerprint density at radius 2 is 2.13 bits per heavy atom. The van der Waals surface area contributed by atoms with E-state index >= 15 is 0 Å². The molecule has 0 spiro atoms. The third-order valence-electron chi connectivity index (χ3n) is 5.08. The van der Waals surface area contributed by atoms with Crippen LogP contribution in [-0.2, 0) is 19.2 Å². The number of oxime groups is 1. The summed E-state index contributed by atoms with van der Waals surface area (Å²) in [6.45, 7) is 0. The molecule has 3 N–H and O–H groups in total.